The van der Waals surface area contributed by atoms with Crippen molar-refractivity contribution in [2.45, 2.75) is 40.0 Å². The van der Waals surface area contributed by atoms with Crippen molar-refractivity contribution in [1.29, 1.82) is 0 Å². The Bertz CT molecular complexity index is 740. The number of hydrogen-bond donors (Lipinski definition) is 1. The first-order valence-electron chi connectivity index (χ1n) is 9.96. The highest BCUT2D eigenvalue weighted by molar-refractivity contribution is 5.79. The van der Waals surface area contributed by atoms with Gasteiger partial charge in [-0.1, -0.05) is 43.7 Å². The van der Waals surface area contributed by atoms with Gasteiger partial charge in [-0.3, -0.25) is 4.79 Å². The topological polar surface area (TPSA) is 58.1 Å². The van der Waals surface area contributed by atoms with Crippen LogP contribution >= 0.6 is 0 Å². The molecular weight excluding hydrogens is 336 g/mol. The van der Waals surface area contributed by atoms with Gasteiger partial charge < -0.3 is 10.2 Å². The summed E-state index contributed by atoms with van der Waals surface area (Å²) >= 11 is 0. The molecule has 2 aromatic rings. The van der Waals surface area contributed by atoms with Gasteiger partial charge >= 0.3 is 0 Å². The molecule has 2 heterocycles. The van der Waals surface area contributed by atoms with Crippen molar-refractivity contribution in [3.05, 3.63) is 42.0 Å². The van der Waals surface area contributed by atoms with Crippen LogP contribution in [0.3, 0.4) is 0 Å². The first-order chi connectivity index (χ1) is 13.0. The van der Waals surface area contributed by atoms with Crippen LogP contribution in [-0.2, 0) is 4.79 Å². The molecule has 0 bridgehead atoms. The van der Waals surface area contributed by atoms with E-state index < -0.39 is 0 Å². The molecule has 3 rings (SSSR count). The lowest BCUT2D eigenvalue weighted by molar-refractivity contribution is -0.125. The summed E-state index contributed by atoms with van der Waals surface area (Å²) in [6.07, 6.45) is 2.97. The van der Waals surface area contributed by atoms with E-state index in [0.717, 1.165) is 49.4 Å². The molecule has 0 spiro atoms. The first kappa shape index (κ1) is 19.3. The fourth-order valence-corrected chi connectivity index (χ4v) is 3.40. The molecule has 0 aliphatic carbocycles. The molecule has 1 atom stereocenters. The summed E-state index contributed by atoms with van der Waals surface area (Å²) in [6.45, 7) is 8.82. The fraction of sp³-hybridized carbons (Fsp3) is 0.500. The Morgan fingerprint density at radius 1 is 1.19 bits per heavy atom. The minimum Gasteiger partial charge on any atom is -0.356 e. The van der Waals surface area contributed by atoms with Crippen LogP contribution in [0.4, 0.5) is 5.82 Å². The number of benzene rings is 1. The van der Waals surface area contributed by atoms with Crippen LogP contribution in [0.15, 0.2) is 36.4 Å². The molecule has 1 unspecified atom stereocenters. The largest absolute Gasteiger partial charge is 0.356 e. The van der Waals surface area contributed by atoms with Gasteiger partial charge in [-0.05, 0) is 44.2 Å². The van der Waals surface area contributed by atoms with Crippen molar-refractivity contribution < 1.29 is 4.79 Å². The number of carbonyl (C=O) groups excluding carboxylic acids is 1. The minimum absolute atomic E-state index is 0.0319. The number of aryl methyl sites for hydroxylation is 1. The lowest BCUT2D eigenvalue weighted by Gasteiger charge is -2.32. The van der Waals surface area contributed by atoms with E-state index in [1.54, 1.807) is 0 Å². The van der Waals surface area contributed by atoms with Crippen LogP contribution in [0.25, 0.3) is 11.3 Å². The summed E-state index contributed by atoms with van der Waals surface area (Å²) in [5.74, 6) is 1.66. The first-order valence-corrected chi connectivity index (χ1v) is 9.96. The van der Waals surface area contributed by atoms with E-state index in [-0.39, 0.29) is 11.8 Å². The molecule has 1 aromatic carbocycles. The molecule has 27 heavy (non-hydrogen) atoms. The lowest BCUT2D eigenvalue weighted by atomic mass is 9.97. The highest BCUT2D eigenvalue weighted by Gasteiger charge is 2.26. The van der Waals surface area contributed by atoms with Crippen LogP contribution in [-0.4, -0.2) is 35.7 Å². The van der Waals surface area contributed by atoms with Crippen LogP contribution in [0, 0.1) is 18.8 Å². The van der Waals surface area contributed by atoms with Crippen molar-refractivity contribution in [3.8, 4) is 11.3 Å². The summed E-state index contributed by atoms with van der Waals surface area (Å²) in [5, 5.41) is 11.9. The average molecular weight is 367 g/mol. The number of nitrogens with one attached hydrogen (secondary N) is 1. The van der Waals surface area contributed by atoms with Crippen molar-refractivity contribution in [1.82, 2.24) is 15.5 Å². The van der Waals surface area contributed by atoms with E-state index in [1.165, 1.54) is 5.56 Å². The van der Waals surface area contributed by atoms with Gasteiger partial charge in [-0.15, -0.1) is 10.2 Å². The second-order valence-corrected chi connectivity index (χ2v) is 7.90. The Morgan fingerprint density at radius 2 is 1.96 bits per heavy atom. The molecule has 5 nitrogen and oxygen atoms in total. The highest BCUT2D eigenvalue weighted by Crippen LogP contribution is 2.23. The number of rotatable bonds is 6. The quantitative estimate of drug-likeness (QED) is 0.844. The van der Waals surface area contributed by atoms with Crippen LogP contribution < -0.4 is 10.2 Å². The van der Waals surface area contributed by atoms with Crippen molar-refractivity contribution in [2.24, 2.45) is 11.8 Å². The maximum atomic E-state index is 12.4. The molecule has 0 saturated carbocycles. The smallest absolute Gasteiger partial charge is 0.224 e. The zero-order valence-electron chi connectivity index (χ0n) is 16.6. The number of anilines is 1. The van der Waals surface area contributed by atoms with E-state index in [9.17, 15) is 4.79 Å². The zero-order valence-corrected chi connectivity index (χ0v) is 16.6. The van der Waals surface area contributed by atoms with Crippen LogP contribution in [0.5, 0.6) is 0 Å². The standard InChI is InChI=1S/C22H30N4O/c1-16(2)12-13-23-22(27)19-5-4-14-26(15-19)21-11-10-20(24-25-21)18-8-6-17(3)7-9-18/h6-11,16,19H,4-5,12-15H2,1-3H3,(H,23,27). The Hall–Kier alpha value is -2.43. The second-order valence-electron chi connectivity index (χ2n) is 7.90. The molecule has 1 saturated heterocycles. The summed E-state index contributed by atoms with van der Waals surface area (Å²) in [4.78, 5) is 14.6. The third kappa shape index (κ3) is 5.28. The predicted molar refractivity (Wildman–Crippen MR) is 110 cm³/mol. The van der Waals surface area contributed by atoms with Gasteiger partial charge in [0.2, 0.25) is 5.91 Å². The molecule has 1 aliphatic rings. The third-order valence-electron chi connectivity index (χ3n) is 5.13. The Balaban J connectivity index is 1.60. The number of hydrogen-bond acceptors (Lipinski definition) is 4. The van der Waals surface area contributed by atoms with Crippen LogP contribution in [0.2, 0.25) is 0 Å². The minimum atomic E-state index is 0.0319. The number of carbonyl (C=O) groups is 1. The highest BCUT2D eigenvalue weighted by atomic mass is 16.1. The van der Waals surface area contributed by atoms with Gasteiger partial charge in [0, 0.05) is 25.2 Å². The Morgan fingerprint density at radius 3 is 2.63 bits per heavy atom. The number of nitrogens with zero attached hydrogens (tertiary/aromatic N) is 3. The Kier molecular flexibility index (Phi) is 6.43. The molecule has 0 radical (unpaired) electrons. The van der Waals surface area contributed by atoms with Crippen molar-refractivity contribution in [2.75, 3.05) is 24.5 Å². The van der Waals surface area contributed by atoms with Gasteiger partial charge in [0.05, 0.1) is 11.6 Å². The summed E-state index contributed by atoms with van der Waals surface area (Å²) in [7, 11) is 0. The molecule has 1 amide bonds. The van der Waals surface area contributed by atoms with Crippen molar-refractivity contribution >= 4 is 11.7 Å². The number of aromatic nitrogens is 2. The van der Waals surface area contributed by atoms with E-state index in [2.05, 4.69) is 65.5 Å². The van der Waals surface area contributed by atoms with E-state index in [1.807, 2.05) is 12.1 Å². The fourth-order valence-electron chi connectivity index (χ4n) is 3.40. The molecule has 144 valence electrons. The SMILES string of the molecule is Cc1ccc(-c2ccc(N3CCCC(C(=O)NCCC(C)C)C3)nn2)cc1. The Labute approximate surface area is 162 Å². The molecular formula is C22H30N4O. The monoisotopic (exact) mass is 366 g/mol. The van der Waals surface area contributed by atoms with E-state index in [0.29, 0.717) is 12.5 Å². The van der Waals surface area contributed by atoms with Crippen molar-refractivity contribution in [3.63, 3.8) is 0 Å². The predicted octanol–water partition coefficient (Wildman–Crippen LogP) is 3.83. The summed E-state index contributed by atoms with van der Waals surface area (Å²) < 4.78 is 0. The zero-order chi connectivity index (χ0) is 19.2. The van der Waals surface area contributed by atoms with Gasteiger partial charge in [0.1, 0.15) is 0 Å². The molecule has 1 aliphatic heterocycles. The van der Waals surface area contributed by atoms with Gasteiger partial charge in [-0.25, -0.2) is 0 Å². The van der Waals surface area contributed by atoms with Gasteiger partial charge in [0.25, 0.3) is 0 Å². The second kappa shape index (κ2) is 8.98. The number of piperidine rings is 1. The molecule has 1 aromatic heterocycles. The molecule has 1 fully saturated rings. The van der Waals surface area contributed by atoms with Gasteiger partial charge in [-0.2, -0.15) is 0 Å². The lowest BCUT2D eigenvalue weighted by Crippen LogP contribution is -2.43. The maximum Gasteiger partial charge on any atom is 0.224 e. The van der Waals surface area contributed by atoms with Crippen LogP contribution in [0.1, 0.15) is 38.7 Å². The maximum absolute atomic E-state index is 12.4. The van der Waals surface area contributed by atoms with Gasteiger partial charge in [0.15, 0.2) is 5.82 Å². The van der Waals surface area contributed by atoms with E-state index in [4.69, 9.17) is 0 Å². The summed E-state index contributed by atoms with van der Waals surface area (Å²) in [5.41, 5.74) is 3.17. The van der Waals surface area contributed by atoms with E-state index >= 15 is 0 Å². The molecule has 1 N–H and O–H groups in total. The molecule has 5 heteroatoms. The average Bonchev–Trinajstić information content (AvgIpc) is 2.68. The normalized spacial score (nSPS) is 17.2. The summed E-state index contributed by atoms with van der Waals surface area (Å²) in [6, 6.07) is 12.3. The third-order valence-corrected chi connectivity index (χ3v) is 5.13. The number of amides is 1.